The first-order valence-electron chi connectivity index (χ1n) is 8.60. The van der Waals surface area contributed by atoms with E-state index in [9.17, 15) is 18.0 Å². The van der Waals surface area contributed by atoms with Crippen molar-refractivity contribution >= 4 is 18.3 Å². The van der Waals surface area contributed by atoms with Crippen LogP contribution in [0.25, 0.3) is 0 Å². The minimum Gasteiger partial charge on any atom is -0.335 e. The number of nitrogens with zero attached hydrogens (tertiary/aromatic N) is 1. The third-order valence-electron chi connectivity index (χ3n) is 4.87. The molecular formula is C18H24ClF3N2O. The summed E-state index contributed by atoms with van der Waals surface area (Å²) in [5, 5.41) is 3.30. The Bertz CT molecular complexity index is 567. The number of amides is 1. The summed E-state index contributed by atoms with van der Waals surface area (Å²) in [7, 11) is 0. The summed E-state index contributed by atoms with van der Waals surface area (Å²) in [6.07, 6.45) is 0.218. The molecule has 25 heavy (non-hydrogen) atoms. The van der Waals surface area contributed by atoms with Gasteiger partial charge in [-0.25, -0.2) is 0 Å². The zero-order valence-electron chi connectivity index (χ0n) is 14.0. The lowest BCUT2D eigenvalue weighted by Gasteiger charge is -2.23. The zero-order chi connectivity index (χ0) is 17.2. The molecule has 1 aliphatic carbocycles. The van der Waals surface area contributed by atoms with Gasteiger partial charge in [0.1, 0.15) is 0 Å². The number of nitrogens with one attached hydrogen (secondary N) is 1. The topological polar surface area (TPSA) is 32.3 Å². The molecule has 3 rings (SSSR count). The third kappa shape index (κ3) is 5.61. The normalized spacial score (nSPS) is 20.2. The quantitative estimate of drug-likeness (QED) is 0.813. The van der Waals surface area contributed by atoms with Crippen LogP contribution in [0.4, 0.5) is 13.2 Å². The van der Waals surface area contributed by atoms with Crippen molar-refractivity contribution in [2.24, 2.45) is 5.92 Å². The molecular weight excluding hydrogens is 353 g/mol. The smallest absolute Gasteiger partial charge is 0.335 e. The van der Waals surface area contributed by atoms with E-state index in [-0.39, 0.29) is 24.4 Å². The van der Waals surface area contributed by atoms with Crippen molar-refractivity contribution in [3.05, 3.63) is 35.4 Å². The fourth-order valence-corrected chi connectivity index (χ4v) is 3.23. The molecule has 1 saturated heterocycles. The Hall–Kier alpha value is -1.27. The highest BCUT2D eigenvalue weighted by Crippen LogP contribution is 2.32. The Labute approximate surface area is 152 Å². The van der Waals surface area contributed by atoms with E-state index in [1.54, 1.807) is 0 Å². The predicted molar refractivity (Wildman–Crippen MR) is 92.5 cm³/mol. The number of hydrogen-bond donors (Lipinski definition) is 1. The summed E-state index contributed by atoms with van der Waals surface area (Å²) in [5.74, 6) is 0.699. The van der Waals surface area contributed by atoms with Gasteiger partial charge >= 0.3 is 6.18 Å². The number of halogens is 4. The SMILES string of the molecule is Cl.O=C(CCC1CCNC1)N(Cc1ccc(C(F)(F)F)cc1)C1CC1. The van der Waals surface area contributed by atoms with Gasteiger partial charge < -0.3 is 10.2 Å². The molecule has 2 fully saturated rings. The minimum atomic E-state index is -4.32. The molecule has 0 spiro atoms. The van der Waals surface area contributed by atoms with E-state index >= 15 is 0 Å². The Kier molecular flexibility index (Phi) is 6.74. The van der Waals surface area contributed by atoms with Crippen LogP contribution in [0.1, 0.15) is 43.2 Å². The molecule has 1 saturated carbocycles. The lowest BCUT2D eigenvalue weighted by Crippen LogP contribution is -2.32. The lowest BCUT2D eigenvalue weighted by molar-refractivity contribution is -0.137. The molecule has 1 heterocycles. The standard InChI is InChI=1S/C18H23F3N2O.ClH/c19-18(20,21)15-4-1-14(2-5-15)12-23(16-6-7-16)17(24)8-3-13-9-10-22-11-13;/h1-2,4-5,13,16,22H,3,6-12H2;1H. The van der Waals surface area contributed by atoms with Gasteiger partial charge in [-0.15, -0.1) is 12.4 Å². The lowest BCUT2D eigenvalue weighted by atomic mass is 10.0. The van der Waals surface area contributed by atoms with Gasteiger partial charge in [-0.1, -0.05) is 12.1 Å². The molecule has 140 valence electrons. The maximum absolute atomic E-state index is 12.6. The molecule has 1 N–H and O–H groups in total. The van der Waals surface area contributed by atoms with Crippen molar-refractivity contribution in [2.45, 2.75) is 50.9 Å². The van der Waals surface area contributed by atoms with E-state index in [4.69, 9.17) is 0 Å². The highest BCUT2D eigenvalue weighted by molar-refractivity contribution is 5.85. The number of benzene rings is 1. The van der Waals surface area contributed by atoms with E-state index < -0.39 is 11.7 Å². The number of rotatable bonds is 6. The molecule has 0 bridgehead atoms. The maximum atomic E-state index is 12.6. The van der Waals surface area contributed by atoms with Crippen molar-refractivity contribution < 1.29 is 18.0 Å². The van der Waals surface area contributed by atoms with Crippen LogP contribution in [0.2, 0.25) is 0 Å². The van der Waals surface area contributed by atoms with Crippen molar-refractivity contribution in [1.29, 1.82) is 0 Å². The number of hydrogen-bond acceptors (Lipinski definition) is 2. The second kappa shape index (κ2) is 8.41. The van der Waals surface area contributed by atoms with Gasteiger partial charge in [0, 0.05) is 19.0 Å². The molecule has 1 unspecified atom stereocenters. The molecule has 1 aromatic carbocycles. The first-order chi connectivity index (χ1) is 11.4. The first-order valence-corrected chi connectivity index (χ1v) is 8.60. The van der Waals surface area contributed by atoms with Crippen LogP contribution in [-0.2, 0) is 17.5 Å². The fourth-order valence-electron chi connectivity index (χ4n) is 3.23. The number of alkyl halides is 3. The van der Waals surface area contributed by atoms with E-state index in [0.717, 1.165) is 56.5 Å². The van der Waals surface area contributed by atoms with Crippen LogP contribution < -0.4 is 5.32 Å². The van der Waals surface area contributed by atoms with Crippen LogP contribution in [0.5, 0.6) is 0 Å². The van der Waals surface area contributed by atoms with Gasteiger partial charge in [0.15, 0.2) is 0 Å². The van der Waals surface area contributed by atoms with Crippen molar-refractivity contribution in [3.63, 3.8) is 0 Å². The Morgan fingerprint density at radius 3 is 2.36 bits per heavy atom. The second-order valence-corrected chi connectivity index (χ2v) is 6.84. The Morgan fingerprint density at radius 2 is 1.84 bits per heavy atom. The summed E-state index contributed by atoms with van der Waals surface area (Å²) in [6.45, 7) is 2.41. The van der Waals surface area contributed by atoms with Crippen molar-refractivity contribution in [3.8, 4) is 0 Å². The molecule has 1 atom stereocenters. The van der Waals surface area contributed by atoms with Gasteiger partial charge in [0.05, 0.1) is 5.56 Å². The zero-order valence-corrected chi connectivity index (χ0v) is 14.8. The van der Waals surface area contributed by atoms with Gasteiger partial charge in [-0.05, 0) is 62.4 Å². The second-order valence-electron chi connectivity index (χ2n) is 6.84. The fraction of sp³-hybridized carbons (Fsp3) is 0.611. The number of carbonyl (C=O) groups is 1. The molecule has 1 aliphatic heterocycles. The Morgan fingerprint density at radius 1 is 1.16 bits per heavy atom. The van der Waals surface area contributed by atoms with E-state index in [2.05, 4.69) is 5.32 Å². The average Bonchev–Trinajstić information content (AvgIpc) is 3.25. The molecule has 3 nitrogen and oxygen atoms in total. The molecule has 0 radical (unpaired) electrons. The van der Waals surface area contributed by atoms with Gasteiger partial charge in [-0.3, -0.25) is 4.79 Å². The van der Waals surface area contributed by atoms with E-state index in [0.29, 0.717) is 18.9 Å². The highest BCUT2D eigenvalue weighted by atomic mass is 35.5. The molecule has 0 aromatic heterocycles. The predicted octanol–water partition coefficient (Wildman–Crippen LogP) is 4.01. The summed E-state index contributed by atoms with van der Waals surface area (Å²) in [5.41, 5.74) is 0.107. The van der Waals surface area contributed by atoms with Gasteiger partial charge in [-0.2, -0.15) is 13.2 Å². The largest absolute Gasteiger partial charge is 0.416 e. The highest BCUT2D eigenvalue weighted by Gasteiger charge is 2.33. The number of carbonyl (C=O) groups excluding carboxylic acids is 1. The van der Waals surface area contributed by atoms with Crippen LogP contribution in [0.3, 0.4) is 0 Å². The van der Waals surface area contributed by atoms with Crippen LogP contribution >= 0.6 is 12.4 Å². The van der Waals surface area contributed by atoms with Gasteiger partial charge in [0.25, 0.3) is 0 Å². The average molecular weight is 377 g/mol. The summed E-state index contributed by atoms with van der Waals surface area (Å²) in [6, 6.07) is 5.41. The van der Waals surface area contributed by atoms with Crippen LogP contribution in [0, 0.1) is 5.92 Å². The van der Waals surface area contributed by atoms with E-state index in [1.165, 1.54) is 12.1 Å². The molecule has 2 aliphatic rings. The van der Waals surface area contributed by atoms with Crippen molar-refractivity contribution in [1.82, 2.24) is 10.2 Å². The van der Waals surface area contributed by atoms with Crippen LogP contribution in [-0.4, -0.2) is 29.9 Å². The monoisotopic (exact) mass is 376 g/mol. The minimum absolute atomic E-state index is 0. The first kappa shape index (κ1) is 20.0. The summed E-state index contributed by atoms with van der Waals surface area (Å²) < 4.78 is 37.9. The van der Waals surface area contributed by atoms with Gasteiger partial charge in [0.2, 0.25) is 5.91 Å². The van der Waals surface area contributed by atoms with Crippen molar-refractivity contribution in [2.75, 3.05) is 13.1 Å². The Balaban J connectivity index is 0.00000225. The third-order valence-corrected chi connectivity index (χ3v) is 4.87. The van der Waals surface area contributed by atoms with E-state index in [1.807, 2.05) is 4.90 Å². The maximum Gasteiger partial charge on any atom is 0.416 e. The molecule has 1 aromatic rings. The molecule has 7 heteroatoms. The van der Waals surface area contributed by atoms with Crippen LogP contribution in [0.15, 0.2) is 24.3 Å². The summed E-state index contributed by atoms with van der Waals surface area (Å²) in [4.78, 5) is 14.4. The molecule has 1 amide bonds. The summed E-state index contributed by atoms with van der Waals surface area (Å²) >= 11 is 0.